The second kappa shape index (κ2) is 4.90. The Balaban J connectivity index is 2.57. The molecule has 1 aromatic rings. The minimum absolute atomic E-state index is 0.198. The lowest BCUT2D eigenvalue weighted by Crippen LogP contribution is -2.37. The first-order valence-corrected chi connectivity index (χ1v) is 4.50. The van der Waals surface area contributed by atoms with Crippen LogP contribution in [0.4, 0.5) is 5.82 Å². The summed E-state index contributed by atoms with van der Waals surface area (Å²) >= 11 is 0. The highest BCUT2D eigenvalue weighted by Gasteiger charge is 2.18. The van der Waals surface area contributed by atoms with Crippen molar-refractivity contribution in [2.45, 2.75) is 12.5 Å². The molecule has 1 aromatic heterocycles. The average molecular weight is 213 g/mol. The third-order valence-electron chi connectivity index (χ3n) is 1.84. The van der Waals surface area contributed by atoms with Crippen LogP contribution in [0.25, 0.3) is 0 Å². The van der Waals surface area contributed by atoms with Crippen molar-refractivity contribution in [1.82, 2.24) is 9.97 Å². The van der Waals surface area contributed by atoms with Crippen LogP contribution in [0.15, 0.2) is 12.4 Å². The van der Waals surface area contributed by atoms with Gasteiger partial charge in [0.1, 0.15) is 17.7 Å². The zero-order valence-electron chi connectivity index (χ0n) is 8.77. The van der Waals surface area contributed by atoms with E-state index in [0.29, 0.717) is 11.7 Å². The fourth-order valence-corrected chi connectivity index (χ4v) is 0.885. The SMILES string of the molecule is COc1cc(NCC(C)(O)CO)ncn1. The third-order valence-corrected chi connectivity index (χ3v) is 1.84. The van der Waals surface area contributed by atoms with E-state index < -0.39 is 5.60 Å². The van der Waals surface area contributed by atoms with Crippen molar-refractivity contribution in [3.63, 3.8) is 0 Å². The first kappa shape index (κ1) is 11.7. The van der Waals surface area contributed by atoms with E-state index in [1.54, 1.807) is 6.07 Å². The van der Waals surface area contributed by atoms with E-state index in [-0.39, 0.29) is 13.2 Å². The molecule has 1 atom stereocenters. The molecule has 84 valence electrons. The van der Waals surface area contributed by atoms with E-state index in [4.69, 9.17) is 9.84 Å². The van der Waals surface area contributed by atoms with Gasteiger partial charge in [0.05, 0.1) is 13.7 Å². The summed E-state index contributed by atoms with van der Waals surface area (Å²) in [5.41, 5.74) is -1.17. The number of aromatic nitrogens is 2. The van der Waals surface area contributed by atoms with Gasteiger partial charge < -0.3 is 20.3 Å². The summed E-state index contributed by atoms with van der Waals surface area (Å²) in [4.78, 5) is 7.77. The number of rotatable bonds is 5. The van der Waals surface area contributed by atoms with Crippen LogP contribution in [0.3, 0.4) is 0 Å². The molecule has 1 unspecified atom stereocenters. The summed E-state index contributed by atoms with van der Waals surface area (Å²) < 4.78 is 4.91. The molecule has 15 heavy (non-hydrogen) atoms. The molecule has 0 aromatic carbocycles. The summed E-state index contributed by atoms with van der Waals surface area (Å²) in [6, 6.07) is 1.60. The minimum Gasteiger partial charge on any atom is -0.481 e. The maximum atomic E-state index is 9.52. The van der Waals surface area contributed by atoms with Gasteiger partial charge in [0.25, 0.3) is 0 Å². The standard InChI is InChI=1S/C9H15N3O3/c1-9(14,5-13)4-10-7-3-8(15-2)12-6-11-7/h3,6,13-14H,4-5H2,1-2H3,(H,10,11,12). The molecule has 0 aliphatic carbocycles. The molecule has 1 heterocycles. The number of hydrogen-bond acceptors (Lipinski definition) is 6. The number of aliphatic hydroxyl groups is 2. The number of aliphatic hydroxyl groups excluding tert-OH is 1. The van der Waals surface area contributed by atoms with Crippen molar-refractivity contribution < 1.29 is 14.9 Å². The summed E-state index contributed by atoms with van der Waals surface area (Å²) in [5, 5.41) is 21.2. The van der Waals surface area contributed by atoms with Gasteiger partial charge in [-0.25, -0.2) is 9.97 Å². The second-order valence-electron chi connectivity index (χ2n) is 3.45. The van der Waals surface area contributed by atoms with E-state index in [9.17, 15) is 5.11 Å². The van der Waals surface area contributed by atoms with Gasteiger partial charge in [-0.15, -0.1) is 0 Å². The fourth-order valence-electron chi connectivity index (χ4n) is 0.885. The van der Waals surface area contributed by atoms with Gasteiger partial charge in [0.15, 0.2) is 0 Å². The zero-order valence-corrected chi connectivity index (χ0v) is 8.77. The Kier molecular flexibility index (Phi) is 3.81. The molecule has 6 nitrogen and oxygen atoms in total. The largest absolute Gasteiger partial charge is 0.481 e. The van der Waals surface area contributed by atoms with Crippen LogP contribution in [0.5, 0.6) is 5.88 Å². The minimum atomic E-state index is -1.17. The quantitative estimate of drug-likeness (QED) is 0.619. The van der Waals surface area contributed by atoms with Crippen LogP contribution < -0.4 is 10.1 Å². The Hall–Kier alpha value is -1.40. The van der Waals surface area contributed by atoms with Gasteiger partial charge in [0.2, 0.25) is 5.88 Å². The smallest absolute Gasteiger partial charge is 0.218 e. The monoisotopic (exact) mass is 213 g/mol. The Labute approximate surface area is 87.9 Å². The highest BCUT2D eigenvalue weighted by molar-refractivity contribution is 5.37. The number of nitrogens with zero attached hydrogens (tertiary/aromatic N) is 2. The second-order valence-corrected chi connectivity index (χ2v) is 3.45. The van der Waals surface area contributed by atoms with Crippen molar-refractivity contribution in [2.24, 2.45) is 0 Å². The summed E-state index contributed by atoms with van der Waals surface area (Å²) in [6.45, 7) is 1.41. The average Bonchev–Trinajstić information content (AvgIpc) is 2.27. The molecular weight excluding hydrogens is 198 g/mol. The van der Waals surface area contributed by atoms with Crippen molar-refractivity contribution in [3.05, 3.63) is 12.4 Å². The van der Waals surface area contributed by atoms with Gasteiger partial charge in [-0.2, -0.15) is 0 Å². The number of nitrogens with one attached hydrogen (secondary N) is 1. The molecule has 3 N–H and O–H groups in total. The predicted molar refractivity (Wildman–Crippen MR) is 54.8 cm³/mol. The molecule has 0 aliphatic rings. The topological polar surface area (TPSA) is 87.5 Å². The van der Waals surface area contributed by atoms with Crippen LogP contribution >= 0.6 is 0 Å². The normalized spacial score (nSPS) is 14.4. The van der Waals surface area contributed by atoms with Gasteiger partial charge in [-0.3, -0.25) is 0 Å². The summed E-state index contributed by atoms with van der Waals surface area (Å²) in [5.74, 6) is 0.978. The molecule has 1 rings (SSSR count). The maximum absolute atomic E-state index is 9.52. The molecule has 0 aliphatic heterocycles. The summed E-state index contributed by atoms with van der Waals surface area (Å²) in [6.07, 6.45) is 1.36. The zero-order chi connectivity index (χ0) is 11.3. The fraction of sp³-hybridized carbons (Fsp3) is 0.556. The van der Waals surface area contributed by atoms with E-state index in [0.717, 1.165) is 0 Å². The Bertz CT molecular complexity index is 317. The van der Waals surface area contributed by atoms with Crippen molar-refractivity contribution in [3.8, 4) is 5.88 Å². The maximum Gasteiger partial charge on any atom is 0.218 e. The predicted octanol–water partition coefficient (Wildman–Crippen LogP) is -0.360. The molecule has 6 heteroatoms. The van der Waals surface area contributed by atoms with Crippen molar-refractivity contribution >= 4 is 5.82 Å². The van der Waals surface area contributed by atoms with Gasteiger partial charge in [-0.05, 0) is 6.92 Å². The summed E-state index contributed by atoms with van der Waals surface area (Å²) in [7, 11) is 1.51. The van der Waals surface area contributed by atoms with Crippen LogP contribution in [0.2, 0.25) is 0 Å². The Morgan fingerprint density at radius 1 is 1.53 bits per heavy atom. The van der Waals surface area contributed by atoms with Crippen molar-refractivity contribution in [1.29, 1.82) is 0 Å². The van der Waals surface area contributed by atoms with Crippen LogP contribution in [0.1, 0.15) is 6.92 Å². The van der Waals surface area contributed by atoms with Gasteiger partial charge in [-0.1, -0.05) is 0 Å². The van der Waals surface area contributed by atoms with E-state index in [1.807, 2.05) is 0 Å². The lowest BCUT2D eigenvalue weighted by molar-refractivity contribution is 0.0131. The van der Waals surface area contributed by atoms with Crippen LogP contribution in [0, 0.1) is 0 Å². The van der Waals surface area contributed by atoms with E-state index in [1.165, 1.54) is 20.4 Å². The molecule has 0 saturated carbocycles. The lowest BCUT2D eigenvalue weighted by Gasteiger charge is -2.20. The van der Waals surface area contributed by atoms with E-state index >= 15 is 0 Å². The number of hydrogen-bond donors (Lipinski definition) is 3. The number of ether oxygens (including phenoxy) is 1. The first-order chi connectivity index (χ1) is 7.07. The number of anilines is 1. The third kappa shape index (κ3) is 3.69. The van der Waals surface area contributed by atoms with Gasteiger partial charge in [0, 0.05) is 12.6 Å². The van der Waals surface area contributed by atoms with Crippen molar-refractivity contribution in [2.75, 3.05) is 25.6 Å². The molecule has 0 bridgehead atoms. The Morgan fingerprint density at radius 3 is 2.87 bits per heavy atom. The lowest BCUT2D eigenvalue weighted by atomic mass is 10.1. The molecule has 0 radical (unpaired) electrons. The molecular formula is C9H15N3O3. The van der Waals surface area contributed by atoms with Crippen LogP contribution in [-0.4, -0.2) is 46.0 Å². The highest BCUT2D eigenvalue weighted by Crippen LogP contribution is 2.11. The molecule has 0 fully saturated rings. The van der Waals surface area contributed by atoms with Gasteiger partial charge >= 0.3 is 0 Å². The van der Waals surface area contributed by atoms with Crippen LogP contribution in [-0.2, 0) is 0 Å². The molecule has 0 amide bonds. The molecule has 0 spiro atoms. The Morgan fingerprint density at radius 2 is 2.27 bits per heavy atom. The highest BCUT2D eigenvalue weighted by atomic mass is 16.5. The number of methoxy groups -OCH3 is 1. The van der Waals surface area contributed by atoms with E-state index in [2.05, 4.69) is 15.3 Å². The molecule has 0 saturated heterocycles. The first-order valence-electron chi connectivity index (χ1n) is 4.50.